The van der Waals surface area contributed by atoms with Crippen LogP contribution in [-0.4, -0.2) is 61.8 Å². The summed E-state index contributed by atoms with van der Waals surface area (Å²) in [6.07, 6.45) is 0.351. The van der Waals surface area contributed by atoms with Crippen LogP contribution in [-0.2, 0) is 23.1 Å². The van der Waals surface area contributed by atoms with E-state index in [1.165, 1.54) is 0 Å². The predicted molar refractivity (Wildman–Crippen MR) is 84.3 cm³/mol. The lowest BCUT2D eigenvalue weighted by atomic mass is 10.2. The van der Waals surface area contributed by atoms with Crippen molar-refractivity contribution >= 4 is 13.8 Å². The molecule has 132 valence electrons. The summed E-state index contributed by atoms with van der Waals surface area (Å²) in [5.74, 6) is -0.475. The van der Waals surface area contributed by atoms with Gasteiger partial charge in [-0.25, -0.2) is 4.57 Å². The van der Waals surface area contributed by atoms with Crippen LogP contribution in [0.5, 0.6) is 0 Å². The molecule has 0 aromatic rings. The summed E-state index contributed by atoms with van der Waals surface area (Å²) in [5, 5.41) is 0. The second kappa shape index (κ2) is 10.3. The Bertz CT molecular complexity index is 370. The molecule has 0 saturated heterocycles. The minimum absolute atomic E-state index is 0.00678. The standard InChI is InChI=1S/C14H30NO6P/c1-6-15(5,7-2)9-12-21-22(17,18)20-11-8-10-19-14(16)13(3)4/h13H,6-12H2,1-5H3/p+1. The van der Waals surface area contributed by atoms with Crippen molar-refractivity contribution in [3.05, 3.63) is 0 Å². The van der Waals surface area contributed by atoms with Crippen molar-refractivity contribution in [2.75, 3.05) is 46.5 Å². The van der Waals surface area contributed by atoms with Crippen molar-refractivity contribution < 1.29 is 32.5 Å². The van der Waals surface area contributed by atoms with Gasteiger partial charge in [0.05, 0.1) is 39.3 Å². The van der Waals surface area contributed by atoms with Crippen molar-refractivity contribution in [3.63, 3.8) is 0 Å². The molecule has 0 aromatic heterocycles. The van der Waals surface area contributed by atoms with Gasteiger partial charge in [0, 0.05) is 6.42 Å². The second-order valence-electron chi connectivity index (χ2n) is 5.79. The zero-order valence-electron chi connectivity index (χ0n) is 14.4. The Morgan fingerprint density at radius 2 is 1.68 bits per heavy atom. The SMILES string of the molecule is CC[N+](C)(CC)CCOP(=O)(O)OCCCOC(=O)C(C)C. The predicted octanol–water partition coefficient (Wildman–Crippen LogP) is 2.20. The van der Waals surface area contributed by atoms with E-state index < -0.39 is 7.82 Å². The first-order valence-electron chi connectivity index (χ1n) is 7.78. The third kappa shape index (κ3) is 9.54. The average Bonchev–Trinajstić information content (AvgIpc) is 2.46. The molecule has 0 aliphatic rings. The fourth-order valence-corrected chi connectivity index (χ4v) is 2.28. The van der Waals surface area contributed by atoms with Crippen molar-refractivity contribution in [1.82, 2.24) is 0 Å². The van der Waals surface area contributed by atoms with Gasteiger partial charge in [0.15, 0.2) is 0 Å². The Labute approximate surface area is 133 Å². The van der Waals surface area contributed by atoms with E-state index in [-0.39, 0.29) is 31.7 Å². The van der Waals surface area contributed by atoms with Gasteiger partial charge >= 0.3 is 13.8 Å². The zero-order chi connectivity index (χ0) is 17.2. The number of phosphoric ester groups is 1. The quantitative estimate of drug-likeness (QED) is 0.254. The van der Waals surface area contributed by atoms with E-state index in [9.17, 15) is 14.3 Å². The molecule has 1 atom stereocenters. The molecule has 0 bridgehead atoms. The van der Waals surface area contributed by atoms with Crippen LogP contribution in [0.1, 0.15) is 34.1 Å². The molecule has 0 rings (SSSR count). The number of carbonyl (C=O) groups excluding carboxylic acids is 1. The monoisotopic (exact) mass is 340 g/mol. The van der Waals surface area contributed by atoms with Gasteiger partial charge in [-0.1, -0.05) is 13.8 Å². The molecule has 1 unspecified atom stereocenters. The Hall–Kier alpha value is -0.460. The van der Waals surface area contributed by atoms with Crippen molar-refractivity contribution in [2.45, 2.75) is 34.1 Å². The van der Waals surface area contributed by atoms with Gasteiger partial charge in [0.1, 0.15) is 13.2 Å². The molecular weight excluding hydrogens is 309 g/mol. The van der Waals surface area contributed by atoms with Crippen LogP contribution < -0.4 is 0 Å². The van der Waals surface area contributed by atoms with E-state index in [0.717, 1.165) is 17.6 Å². The Kier molecular flexibility index (Phi) is 10.1. The van der Waals surface area contributed by atoms with Gasteiger partial charge in [-0.2, -0.15) is 0 Å². The number of hydrogen-bond acceptors (Lipinski definition) is 5. The lowest BCUT2D eigenvalue weighted by Gasteiger charge is -2.31. The van der Waals surface area contributed by atoms with Crippen LogP contribution in [0.15, 0.2) is 0 Å². The van der Waals surface area contributed by atoms with E-state index >= 15 is 0 Å². The highest BCUT2D eigenvalue weighted by molar-refractivity contribution is 7.47. The summed E-state index contributed by atoms with van der Waals surface area (Å²) in [4.78, 5) is 20.8. The van der Waals surface area contributed by atoms with Gasteiger partial charge in [0.25, 0.3) is 0 Å². The Morgan fingerprint density at radius 1 is 1.14 bits per heavy atom. The van der Waals surface area contributed by atoms with Crippen LogP contribution in [0.25, 0.3) is 0 Å². The summed E-state index contributed by atoms with van der Waals surface area (Å²) in [6, 6.07) is 0. The van der Waals surface area contributed by atoms with Crippen LogP contribution in [0, 0.1) is 5.92 Å². The fourth-order valence-electron chi connectivity index (χ4n) is 1.53. The summed E-state index contributed by atoms with van der Waals surface area (Å²) in [7, 11) is -1.97. The summed E-state index contributed by atoms with van der Waals surface area (Å²) < 4.78 is 27.2. The highest BCUT2D eigenvalue weighted by Crippen LogP contribution is 2.43. The van der Waals surface area contributed by atoms with Crippen LogP contribution in [0.3, 0.4) is 0 Å². The van der Waals surface area contributed by atoms with Gasteiger partial charge in [-0.15, -0.1) is 0 Å². The fraction of sp³-hybridized carbons (Fsp3) is 0.929. The maximum absolute atomic E-state index is 11.7. The molecule has 0 heterocycles. The number of hydrogen-bond donors (Lipinski definition) is 1. The van der Waals surface area contributed by atoms with Crippen LogP contribution >= 0.6 is 7.82 Å². The molecule has 8 heteroatoms. The molecule has 0 aliphatic carbocycles. The van der Waals surface area contributed by atoms with Crippen LogP contribution in [0.2, 0.25) is 0 Å². The first-order valence-corrected chi connectivity index (χ1v) is 9.27. The average molecular weight is 340 g/mol. The molecule has 0 radical (unpaired) electrons. The van der Waals surface area contributed by atoms with Crippen molar-refractivity contribution in [2.24, 2.45) is 5.92 Å². The lowest BCUT2D eigenvalue weighted by Crippen LogP contribution is -2.45. The third-order valence-electron chi connectivity index (χ3n) is 3.67. The number of ether oxygens (including phenoxy) is 1. The molecule has 0 fully saturated rings. The first kappa shape index (κ1) is 21.5. The van der Waals surface area contributed by atoms with Gasteiger partial charge in [-0.3, -0.25) is 13.8 Å². The van der Waals surface area contributed by atoms with Crippen molar-refractivity contribution in [1.29, 1.82) is 0 Å². The Morgan fingerprint density at radius 3 is 2.18 bits per heavy atom. The molecule has 0 aliphatic heterocycles. The molecule has 0 spiro atoms. The lowest BCUT2D eigenvalue weighted by molar-refractivity contribution is -0.906. The maximum Gasteiger partial charge on any atom is 0.472 e. The largest absolute Gasteiger partial charge is 0.472 e. The van der Waals surface area contributed by atoms with E-state index in [1.54, 1.807) is 13.8 Å². The maximum atomic E-state index is 11.7. The third-order valence-corrected chi connectivity index (χ3v) is 4.69. The number of phosphoric acid groups is 1. The molecule has 1 N–H and O–H groups in total. The van der Waals surface area contributed by atoms with E-state index in [0.29, 0.717) is 13.0 Å². The number of quaternary nitrogens is 1. The highest BCUT2D eigenvalue weighted by atomic mass is 31.2. The number of nitrogens with zero attached hydrogens (tertiary/aromatic N) is 1. The van der Waals surface area contributed by atoms with E-state index in [4.69, 9.17) is 13.8 Å². The minimum Gasteiger partial charge on any atom is -0.465 e. The number of esters is 1. The van der Waals surface area contributed by atoms with Gasteiger partial charge in [0.2, 0.25) is 0 Å². The molecule has 0 saturated carbocycles. The Balaban J connectivity index is 3.87. The molecular formula is C14H31NO6P+. The number of likely N-dealkylation sites (N-methyl/N-ethyl adjacent to an activating group) is 1. The normalized spacial score (nSPS) is 14.9. The number of rotatable bonds is 12. The van der Waals surface area contributed by atoms with E-state index in [1.807, 2.05) is 0 Å². The van der Waals surface area contributed by atoms with Crippen LogP contribution in [0.4, 0.5) is 0 Å². The summed E-state index contributed by atoms with van der Waals surface area (Å²) >= 11 is 0. The first-order chi connectivity index (χ1) is 10.2. The molecule has 7 nitrogen and oxygen atoms in total. The highest BCUT2D eigenvalue weighted by Gasteiger charge is 2.24. The topological polar surface area (TPSA) is 82.1 Å². The van der Waals surface area contributed by atoms with E-state index in [2.05, 4.69) is 20.9 Å². The minimum atomic E-state index is -4.03. The van der Waals surface area contributed by atoms with Gasteiger partial charge in [-0.05, 0) is 13.8 Å². The number of carbonyl (C=O) groups is 1. The van der Waals surface area contributed by atoms with Gasteiger partial charge < -0.3 is 14.1 Å². The summed E-state index contributed by atoms with van der Waals surface area (Å²) in [5.41, 5.74) is 0. The second-order valence-corrected chi connectivity index (χ2v) is 7.24. The summed E-state index contributed by atoms with van der Waals surface area (Å²) in [6.45, 7) is 10.5. The van der Waals surface area contributed by atoms with Crippen molar-refractivity contribution in [3.8, 4) is 0 Å². The molecule has 22 heavy (non-hydrogen) atoms. The smallest absolute Gasteiger partial charge is 0.465 e. The molecule has 0 amide bonds. The zero-order valence-corrected chi connectivity index (χ0v) is 15.3. The molecule has 0 aromatic carbocycles.